The number of likely N-dealkylation sites (N-methyl/N-ethyl adjacent to an activating group) is 1. The van der Waals surface area contributed by atoms with Gasteiger partial charge in [-0.2, -0.15) is 13.2 Å². The molecule has 28 heavy (non-hydrogen) atoms. The summed E-state index contributed by atoms with van der Waals surface area (Å²) in [4.78, 5) is 32.8. The maximum absolute atomic E-state index is 12.8. The molecule has 0 spiro atoms. The van der Waals surface area contributed by atoms with Gasteiger partial charge in [-0.1, -0.05) is 13.0 Å². The summed E-state index contributed by atoms with van der Waals surface area (Å²) in [5, 5.41) is 4.16. The number of nitrogens with zero attached hydrogens (tertiary/aromatic N) is 3. The number of aromatic nitrogens is 1. The Hall–Kier alpha value is -2.46. The fourth-order valence-corrected chi connectivity index (χ4v) is 3.54. The van der Waals surface area contributed by atoms with E-state index in [1.54, 1.807) is 4.90 Å². The number of amides is 2. The van der Waals surface area contributed by atoms with Gasteiger partial charge in [0.05, 0.1) is 5.56 Å². The van der Waals surface area contributed by atoms with Crippen molar-refractivity contribution in [2.75, 3.05) is 38.0 Å². The Bertz CT molecular complexity index is 861. The second-order valence-electron chi connectivity index (χ2n) is 6.30. The highest BCUT2D eigenvalue weighted by Crippen LogP contribution is 2.29. The summed E-state index contributed by atoms with van der Waals surface area (Å²) in [7, 11) is 0. The van der Waals surface area contributed by atoms with Crippen LogP contribution in [0.2, 0.25) is 0 Å². The zero-order chi connectivity index (χ0) is 20.3. The Morgan fingerprint density at radius 1 is 1.21 bits per heavy atom. The number of carbonyl (C=O) groups excluding carboxylic acids is 2. The first-order valence-electron chi connectivity index (χ1n) is 8.73. The van der Waals surface area contributed by atoms with Crippen LogP contribution in [0.4, 0.5) is 18.3 Å². The molecule has 0 aliphatic carbocycles. The van der Waals surface area contributed by atoms with Crippen molar-refractivity contribution in [1.82, 2.24) is 14.8 Å². The minimum Gasteiger partial charge on any atom is -0.335 e. The van der Waals surface area contributed by atoms with Crippen LogP contribution in [0, 0.1) is 0 Å². The third kappa shape index (κ3) is 4.68. The fraction of sp³-hybridized carbons (Fsp3) is 0.389. The molecule has 1 aliphatic rings. The number of alkyl halides is 3. The van der Waals surface area contributed by atoms with Gasteiger partial charge in [-0.15, -0.1) is 11.3 Å². The molecule has 3 rings (SSSR count). The van der Waals surface area contributed by atoms with E-state index in [-0.39, 0.29) is 22.3 Å². The van der Waals surface area contributed by atoms with E-state index in [0.717, 1.165) is 43.1 Å². The van der Waals surface area contributed by atoms with Crippen LogP contribution in [-0.2, 0) is 6.18 Å². The van der Waals surface area contributed by atoms with E-state index in [4.69, 9.17) is 0 Å². The van der Waals surface area contributed by atoms with Gasteiger partial charge in [-0.05, 0) is 24.7 Å². The van der Waals surface area contributed by atoms with Crippen LogP contribution < -0.4 is 5.32 Å². The highest BCUT2D eigenvalue weighted by molar-refractivity contribution is 7.14. The molecule has 0 saturated carbocycles. The lowest BCUT2D eigenvalue weighted by Crippen LogP contribution is -2.48. The number of thiazole rings is 1. The average Bonchev–Trinajstić information content (AvgIpc) is 3.15. The molecule has 0 bridgehead atoms. The maximum atomic E-state index is 12.8. The molecule has 6 nitrogen and oxygen atoms in total. The van der Waals surface area contributed by atoms with Crippen molar-refractivity contribution < 1.29 is 22.8 Å². The quantitative estimate of drug-likeness (QED) is 0.838. The summed E-state index contributed by atoms with van der Waals surface area (Å²) in [6, 6.07) is 4.14. The number of anilines is 1. The van der Waals surface area contributed by atoms with Crippen molar-refractivity contribution >= 4 is 28.3 Å². The fourth-order valence-electron chi connectivity index (χ4n) is 2.86. The molecule has 1 fully saturated rings. The molecule has 1 N–H and O–H groups in total. The summed E-state index contributed by atoms with van der Waals surface area (Å²) in [5.74, 6) is -0.928. The number of hydrogen-bond acceptors (Lipinski definition) is 5. The first-order valence-corrected chi connectivity index (χ1v) is 9.61. The number of rotatable bonds is 4. The Morgan fingerprint density at radius 2 is 1.93 bits per heavy atom. The largest absolute Gasteiger partial charge is 0.416 e. The van der Waals surface area contributed by atoms with E-state index >= 15 is 0 Å². The molecule has 0 atom stereocenters. The van der Waals surface area contributed by atoms with Crippen LogP contribution in [0.1, 0.15) is 33.3 Å². The monoisotopic (exact) mass is 412 g/mol. The number of hydrogen-bond donors (Lipinski definition) is 1. The van der Waals surface area contributed by atoms with Crippen LogP contribution in [0.25, 0.3) is 0 Å². The van der Waals surface area contributed by atoms with Crippen molar-refractivity contribution in [2.24, 2.45) is 0 Å². The van der Waals surface area contributed by atoms with Gasteiger partial charge in [0.2, 0.25) is 0 Å². The van der Waals surface area contributed by atoms with Gasteiger partial charge in [-0.3, -0.25) is 14.9 Å². The molecular weight excluding hydrogens is 393 g/mol. The van der Waals surface area contributed by atoms with Crippen LogP contribution >= 0.6 is 11.3 Å². The highest BCUT2D eigenvalue weighted by Gasteiger charge is 2.31. The normalized spacial score (nSPS) is 15.5. The molecule has 0 radical (unpaired) electrons. The SMILES string of the molecule is CCN1CCN(C(=O)c2csc(NC(=O)c3cccc(C(F)(F)F)c3)n2)CC1. The topological polar surface area (TPSA) is 65.5 Å². The smallest absolute Gasteiger partial charge is 0.335 e. The van der Waals surface area contributed by atoms with E-state index in [9.17, 15) is 22.8 Å². The third-order valence-corrected chi connectivity index (χ3v) is 5.26. The standard InChI is InChI=1S/C18H19F3N4O2S/c1-2-24-6-8-25(9-7-24)16(27)14-11-28-17(22-14)23-15(26)12-4-3-5-13(10-12)18(19,20)21/h3-5,10-11H,2,6-9H2,1H3,(H,22,23,26). The van der Waals surface area contributed by atoms with Gasteiger partial charge in [0.15, 0.2) is 5.13 Å². The maximum Gasteiger partial charge on any atom is 0.416 e. The third-order valence-electron chi connectivity index (χ3n) is 4.50. The molecular formula is C18H19F3N4O2S. The molecule has 2 aromatic rings. The zero-order valence-electron chi connectivity index (χ0n) is 15.1. The predicted octanol–water partition coefficient (Wildman–Crippen LogP) is 3.19. The second kappa shape index (κ2) is 8.27. The summed E-state index contributed by atoms with van der Waals surface area (Å²) in [5.41, 5.74) is -0.816. The van der Waals surface area contributed by atoms with Crippen molar-refractivity contribution in [3.63, 3.8) is 0 Å². The highest BCUT2D eigenvalue weighted by atomic mass is 32.1. The van der Waals surface area contributed by atoms with Gasteiger partial charge >= 0.3 is 6.18 Å². The van der Waals surface area contributed by atoms with Gasteiger partial charge in [-0.25, -0.2) is 4.98 Å². The number of piperazine rings is 1. The first kappa shape index (κ1) is 20.3. The number of halogens is 3. The molecule has 1 saturated heterocycles. The van der Waals surface area contributed by atoms with Gasteiger partial charge in [0.25, 0.3) is 11.8 Å². The molecule has 1 aromatic heterocycles. The summed E-state index contributed by atoms with van der Waals surface area (Å²) >= 11 is 1.06. The lowest BCUT2D eigenvalue weighted by atomic mass is 10.1. The number of nitrogens with one attached hydrogen (secondary N) is 1. The molecule has 2 heterocycles. The Morgan fingerprint density at radius 3 is 2.57 bits per heavy atom. The van der Waals surface area contributed by atoms with Gasteiger partial charge in [0.1, 0.15) is 5.69 Å². The number of benzene rings is 1. The van der Waals surface area contributed by atoms with Crippen LogP contribution in [-0.4, -0.2) is 59.3 Å². The lowest BCUT2D eigenvalue weighted by molar-refractivity contribution is -0.137. The zero-order valence-corrected chi connectivity index (χ0v) is 15.9. The van der Waals surface area contributed by atoms with Crippen molar-refractivity contribution in [3.05, 3.63) is 46.5 Å². The summed E-state index contributed by atoms with van der Waals surface area (Å²) in [6.07, 6.45) is -4.53. The molecule has 10 heteroatoms. The Labute approximate surface area is 164 Å². The van der Waals surface area contributed by atoms with E-state index in [1.165, 1.54) is 17.5 Å². The van der Waals surface area contributed by atoms with Crippen molar-refractivity contribution in [2.45, 2.75) is 13.1 Å². The van der Waals surface area contributed by atoms with Crippen LogP contribution in [0.3, 0.4) is 0 Å². The minimum absolute atomic E-state index is 0.131. The lowest BCUT2D eigenvalue weighted by Gasteiger charge is -2.33. The molecule has 1 aliphatic heterocycles. The van der Waals surface area contributed by atoms with Crippen LogP contribution in [0.15, 0.2) is 29.6 Å². The summed E-state index contributed by atoms with van der Waals surface area (Å²) < 4.78 is 38.4. The van der Waals surface area contributed by atoms with Crippen molar-refractivity contribution in [3.8, 4) is 0 Å². The van der Waals surface area contributed by atoms with Gasteiger partial charge < -0.3 is 9.80 Å². The van der Waals surface area contributed by atoms with E-state index in [1.807, 2.05) is 0 Å². The van der Waals surface area contributed by atoms with E-state index in [0.29, 0.717) is 13.1 Å². The molecule has 0 unspecified atom stereocenters. The average molecular weight is 412 g/mol. The predicted molar refractivity (Wildman–Crippen MR) is 99.5 cm³/mol. The Kier molecular flexibility index (Phi) is 5.99. The Balaban J connectivity index is 1.65. The number of carbonyl (C=O) groups is 2. The van der Waals surface area contributed by atoms with Crippen molar-refractivity contribution in [1.29, 1.82) is 0 Å². The van der Waals surface area contributed by atoms with E-state index < -0.39 is 17.6 Å². The summed E-state index contributed by atoms with van der Waals surface area (Å²) in [6.45, 7) is 5.81. The first-order chi connectivity index (χ1) is 13.3. The van der Waals surface area contributed by atoms with Crippen LogP contribution in [0.5, 0.6) is 0 Å². The molecule has 2 amide bonds. The minimum atomic E-state index is -4.53. The van der Waals surface area contributed by atoms with Gasteiger partial charge in [0, 0.05) is 37.1 Å². The molecule has 150 valence electrons. The van der Waals surface area contributed by atoms with E-state index in [2.05, 4.69) is 22.1 Å². The molecule has 1 aromatic carbocycles. The second-order valence-corrected chi connectivity index (χ2v) is 7.16.